The zero-order chi connectivity index (χ0) is 6.53. The molecule has 0 bridgehead atoms. The van der Waals surface area contributed by atoms with E-state index in [1.54, 1.807) is 0 Å². The quantitative estimate of drug-likeness (QED) is 0.414. The zero-order valence-electron chi connectivity index (χ0n) is 4.95. The van der Waals surface area contributed by atoms with Gasteiger partial charge in [0.05, 0.1) is 26.3 Å². The maximum atomic E-state index is 7.81. The van der Waals surface area contributed by atoms with Crippen LogP contribution >= 0.6 is 0 Å². The van der Waals surface area contributed by atoms with Crippen LogP contribution in [-0.2, 0) is 14.8 Å². The molecule has 0 saturated carbocycles. The highest BCUT2D eigenvalue weighted by Crippen LogP contribution is 1.96. The maximum Gasteiger partial charge on any atom is 0.0618 e. The van der Waals surface area contributed by atoms with Crippen molar-refractivity contribution in [1.29, 1.82) is 0 Å². The minimum absolute atomic E-state index is 0.614. The van der Waals surface area contributed by atoms with Crippen molar-refractivity contribution in [2.45, 2.75) is 0 Å². The van der Waals surface area contributed by atoms with Gasteiger partial charge in [-0.3, -0.25) is 0 Å². The van der Waals surface area contributed by atoms with Crippen LogP contribution in [0.1, 0.15) is 0 Å². The molecule has 54 valence electrons. The third-order valence-corrected chi connectivity index (χ3v) is 1.11. The maximum absolute atomic E-state index is 7.81. The number of nitrogens with zero attached hydrogens (tertiary/aromatic N) is 1. The van der Waals surface area contributed by atoms with Crippen molar-refractivity contribution >= 4 is 0 Å². The largest absolute Gasteiger partial charge is 0.379 e. The Kier molecular flexibility index (Phi) is 2.88. The van der Waals surface area contributed by atoms with Gasteiger partial charge in [-0.05, 0) is 0 Å². The molecule has 9 heavy (non-hydrogen) atoms. The van der Waals surface area contributed by atoms with Crippen LogP contribution in [0.5, 0.6) is 0 Å². The summed E-state index contributed by atoms with van der Waals surface area (Å²) < 4.78 is 4.99. The Morgan fingerprint density at radius 3 is 2.56 bits per heavy atom. The molecular weight excluding hydrogens is 126 g/mol. The topological polar surface area (TPSA) is 51.2 Å². The zero-order valence-corrected chi connectivity index (χ0v) is 4.95. The number of morpholine rings is 1. The van der Waals surface area contributed by atoms with Crippen molar-refractivity contribution in [3.63, 3.8) is 0 Å². The van der Waals surface area contributed by atoms with Gasteiger partial charge in [0, 0.05) is 0 Å². The molecule has 0 unspecified atom stereocenters. The van der Waals surface area contributed by atoms with Gasteiger partial charge in [0.25, 0.3) is 0 Å². The van der Waals surface area contributed by atoms with Crippen LogP contribution in [0, 0.1) is 0 Å². The average Bonchev–Trinajstić information content (AvgIpc) is 1.91. The predicted molar refractivity (Wildman–Crippen MR) is 27.2 cm³/mol. The molecule has 1 N–H and O–H groups in total. The number of hydrogen-bond acceptors (Lipinski definition) is 5. The van der Waals surface area contributed by atoms with Crippen molar-refractivity contribution in [3.8, 4) is 0 Å². The molecular formula is C4H9NO4. The van der Waals surface area contributed by atoms with E-state index in [0.717, 1.165) is 0 Å². The van der Waals surface area contributed by atoms with Gasteiger partial charge in [-0.1, -0.05) is 5.04 Å². The molecule has 0 aromatic carbocycles. The van der Waals surface area contributed by atoms with Crippen LogP contribution in [0.4, 0.5) is 0 Å². The van der Waals surface area contributed by atoms with E-state index in [2.05, 4.69) is 10.0 Å². The summed E-state index contributed by atoms with van der Waals surface area (Å²) in [5.74, 6) is 0. The lowest BCUT2D eigenvalue weighted by atomic mass is 10.5. The molecule has 0 aliphatic carbocycles. The van der Waals surface area contributed by atoms with Gasteiger partial charge < -0.3 is 4.74 Å². The third-order valence-electron chi connectivity index (χ3n) is 1.11. The average molecular weight is 135 g/mol. The molecule has 1 aliphatic heterocycles. The summed E-state index contributed by atoms with van der Waals surface area (Å²) in [6.07, 6.45) is 0. The molecule has 1 fully saturated rings. The lowest BCUT2D eigenvalue weighted by Crippen LogP contribution is -2.35. The summed E-state index contributed by atoms with van der Waals surface area (Å²) in [4.78, 5) is 4.29. The molecule has 1 rings (SSSR count). The van der Waals surface area contributed by atoms with Crippen molar-refractivity contribution in [3.05, 3.63) is 0 Å². The van der Waals surface area contributed by atoms with Crippen LogP contribution in [-0.4, -0.2) is 36.6 Å². The van der Waals surface area contributed by atoms with Gasteiger partial charge in [-0.15, -0.1) is 10.1 Å². The second-order valence-corrected chi connectivity index (χ2v) is 1.69. The second kappa shape index (κ2) is 3.76. The van der Waals surface area contributed by atoms with Crippen LogP contribution < -0.4 is 0 Å². The summed E-state index contributed by atoms with van der Waals surface area (Å²) in [7, 11) is 0. The van der Waals surface area contributed by atoms with Crippen LogP contribution in [0.3, 0.4) is 0 Å². The number of hydroxylamine groups is 2. The van der Waals surface area contributed by atoms with Crippen LogP contribution in [0.15, 0.2) is 0 Å². The van der Waals surface area contributed by atoms with E-state index < -0.39 is 0 Å². The van der Waals surface area contributed by atoms with E-state index in [-0.39, 0.29) is 0 Å². The highest BCUT2D eigenvalue weighted by atomic mass is 17.5. The number of rotatable bonds is 2. The highest BCUT2D eigenvalue weighted by Gasteiger charge is 2.10. The first-order chi connectivity index (χ1) is 4.43. The van der Waals surface area contributed by atoms with Crippen LogP contribution in [0.25, 0.3) is 0 Å². The van der Waals surface area contributed by atoms with Crippen molar-refractivity contribution in [1.82, 2.24) is 5.06 Å². The second-order valence-electron chi connectivity index (χ2n) is 1.69. The lowest BCUT2D eigenvalue weighted by molar-refractivity contribution is -0.568. The lowest BCUT2D eigenvalue weighted by Gasteiger charge is -2.21. The standard InChI is InChI=1S/C4H9NO4/c6-9-8-5-1-3-7-4-2-5/h6H,1-4H2. The Morgan fingerprint density at radius 1 is 1.33 bits per heavy atom. The molecule has 0 radical (unpaired) electrons. The smallest absolute Gasteiger partial charge is 0.0618 e. The van der Waals surface area contributed by atoms with Crippen molar-refractivity contribution in [2.24, 2.45) is 0 Å². The van der Waals surface area contributed by atoms with E-state index in [4.69, 9.17) is 9.99 Å². The molecule has 1 aliphatic rings. The molecule has 0 spiro atoms. The molecule has 0 aromatic rings. The summed E-state index contributed by atoms with van der Waals surface area (Å²) >= 11 is 0. The van der Waals surface area contributed by atoms with E-state index in [9.17, 15) is 0 Å². The van der Waals surface area contributed by atoms with Gasteiger partial charge in [0.15, 0.2) is 0 Å². The molecule has 0 atom stereocenters. The Bertz CT molecular complexity index is 70.2. The first-order valence-electron chi connectivity index (χ1n) is 2.74. The van der Waals surface area contributed by atoms with Gasteiger partial charge >= 0.3 is 0 Å². The summed E-state index contributed by atoms with van der Waals surface area (Å²) in [6.45, 7) is 2.48. The molecule has 5 heteroatoms. The van der Waals surface area contributed by atoms with Gasteiger partial charge in [0.2, 0.25) is 0 Å². The van der Waals surface area contributed by atoms with Gasteiger partial charge in [-0.25, -0.2) is 5.26 Å². The van der Waals surface area contributed by atoms with E-state index in [0.29, 0.717) is 26.3 Å². The number of ether oxygens (including phenoxy) is 1. The summed E-state index contributed by atoms with van der Waals surface area (Å²) in [6, 6.07) is 0. The Balaban J connectivity index is 2.08. The van der Waals surface area contributed by atoms with Crippen LogP contribution in [0.2, 0.25) is 0 Å². The summed E-state index contributed by atoms with van der Waals surface area (Å²) in [5.41, 5.74) is 0. The third kappa shape index (κ3) is 2.25. The van der Waals surface area contributed by atoms with Gasteiger partial charge in [-0.2, -0.15) is 0 Å². The first-order valence-corrected chi connectivity index (χ1v) is 2.74. The Morgan fingerprint density at radius 2 is 2.00 bits per heavy atom. The van der Waals surface area contributed by atoms with Crippen molar-refractivity contribution < 1.29 is 20.0 Å². The minimum Gasteiger partial charge on any atom is -0.379 e. The molecule has 0 amide bonds. The molecule has 1 saturated heterocycles. The van der Waals surface area contributed by atoms with Gasteiger partial charge in [0.1, 0.15) is 0 Å². The fourth-order valence-corrected chi connectivity index (χ4v) is 0.668. The summed E-state index contributed by atoms with van der Waals surface area (Å²) in [5, 5.41) is 12.7. The van der Waals surface area contributed by atoms with Crippen molar-refractivity contribution in [2.75, 3.05) is 26.3 Å². The highest BCUT2D eigenvalue weighted by molar-refractivity contribution is 4.49. The SMILES string of the molecule is OOON1CCOCC1. The Hall–Kier alpha value is -0.200. The predicted octanol–water partition coefficient (Wildman–Crippen LogP) is -0.345. The molecule has 1 heterocycles. The molecule has 5 nitrogen and oxygen atoms in total. The first kappa shape index (κ1) is 6.91. The fourth-order valence-electron chi connectivity index (χ4n) is 0.668. The van der Waals surface area contributed by atoms with E-state index in [1.807, 2.05) is 0 Å². The Labute approximate surface area is 52.5 Å². The van der Waals surface area contributed by atoms with E-state index in [1.165, 1.54) is 5.06 Å². The normalized spacial score (nSPS) is 22.3. The molecule has 0 aromatic heterocycles. The monoisotopic (exact) mass is 135 g/mol. The minimum atomic E-state index is 0.614. The fraction of sp³-hybridized carbons (Fsp3) is 1.00. The van der Waals surface area contributed by atoms with E-state index >= 15 is 0 Å². The number of hydrogen-bond donors (Lipinski definition) is 1.